The fraction of sp³-hybridized carbons (Fsp3) is 0. The Bertz CT molecular complexity index is 674. The molecule has 102 valence electrons. The van der Waals surface area contributed by atoms with Crippen LogP contribution in [0.4, 0.5) is 0 Å². The van der Waals surface area contributed by atoms with Crippen LogP contribution in [-0.4, -0.2) is 22.2 Å². The first kappa shape index (κ1) is 14.3. The van der Waals surface area contributed by atoms with Crippen LogP contribution in [0.3, 0.4) is 0 Å². The molecular formula is C13H9Cl2N3O2. The summed E-state index contributed by atoms with van der Waals surface area (Å²) >= 11 is 11.5. The van der Waals surface area contributed by atoms with Crippen LogP contribution in [0.2, 0.25) is 10.2 Å². The van der Waals surface area contributed by atoms with E-state index in [-0.39, 0.29) is 21.5 Å². The van der Waals surface area contributed by atoms with Crippen molar-refractivity contribution in [1.82, 2.24) is 10.4 Å². The number of hydrazone groups is 1. The van der Waals surface area contributed by atoms with Gasteiger partial charge in [0, 0.05) is 6.20 Å². The summed E-state index contributed by atoms with van der Waals surface area (Å²) in [6, 6.07) is 7.70. The van der Waals surface area contributed by atoms with Gasteiger partial charge in [0.25, 0.3) is 5.91 Å². The van der Waals surface area contributed by atoms with Gasteiger partial charge in [-0.1, -0.05) is 23.2 Å². The van der Waals surface area contributed by atoms with Crippen LogP contribution in [0.25, 0.3) is 0 Å². The van der Waals surface area contributed by atoms with Crippen molar-refractivity contribution in [3.05, 3.63) is 57.8 Å². The number of benzene rings is 1. The summed E-state index contributed by atoms with van der Waals surface area (Å²) in [5.74, 6) is -0.487. The average molecular weight is 310 g/mol. The maximum absolute atomic E-state index is 11.8. The summed E-state index contributed by atoms with van der Waals surface area (Å²) in [5, 5.41) is 13.4. The Morgan fingerprint density at radius 2 is 2.15 bits per heavy atom. The van der Waals surface area contributed by atoms with Gasteiger partial charge in [0.05, 0.1) is 16.8 Å². The molecule has 2 N–H and O–H groups in total. The lowest BCUT2D eigenvalue weighted by Crippen LogP contribution is -2.18. The lowest BCUT2D eigenvalue weighted by molar-refractivity contribution is 0.0955. The van der Waals surface area contributed by atoms with Gasteiger partial charge in [-0.25, -0.2) is 10.4 Å². The van der Waals surface area contributed by atoms with Gasteiger partial charge in [-0.3, -0.25) is 4.79 Å². The van der Waals surface area contributed by atoms with Gasteiger partial charge in [0.15, 0.2) is 0 Å². The molecule has 0 aliphatic heterocycles. The van der Waals surface area contributed by atoms with Crippen molar-refractivity contribution in [1.29, 1.82) is 0 Å². The predicted molar refractivity (Wildman–Crippen MR) is 77.4 cm³/mol. The molecule has 20 heavy (non-hydrogen) atoms. The molecule has 0 fully saturated rings. The van der Waals surface area contributed by atoms with Crippen LogP contribution in [0, 0.1) is 0 Å². The zero-order valence-corrected chi connectivity index (χ0v) is 11.6. The first-order valence-corrected chi connectivity index (χ1v) is 6.26. The first-order valence-electron chi connectivity index (χ1n) is 5.50. The van der Waals surface area contributed by atoms with Crippen LogP contribution in [0.15, 0.2) is 41.6 Å². The minimum Gasteiger partial charge on any atom is -0.506 e. The standard InChI is InChI=1S/C13H9Cl2N3O2/c14-10-6-8(3-4-11(10)19)7-17-18-13(20)9-2-1-5-16-12(9)15/h1-7,19H,(H,18,20). The van der Waals surface area contributed by atoms with E-state index in [9.17, 15) is 9.90 Å². The first-order chi connectivity index (χ1) is 9.58. The number of hydrogen-bond donors (Lipinski definition) is 2. The van der Waals surface area contributed by atoms with E-state index in [1.807, 2.05) is 0 Å². The molecule has 2 aromatic rings. The van der Waals surface area contributed by atoms with E-state index in [4.69, 9.17) is 23.2 Å². The van der Waals surface area contributed by atoms with Gasteiger partial charge in [-0.15, -0.1) is 0 Å². The molecule has 1 amide bonds. The SMILES string of the molecule is O=C(NN=Cc1ccc(O)c(Cl)c1)c1cccnc1Cl. The highest BCUT2D eigenvalue weighted by Crippen LogP contribution is 2.22. The number of nitrogens with one attached hydrogen (secondary N) is 1. The molecule has 5 nitrogen and oxygen atoms in total. The van der Waals surface area contributed by atoms with Gasteiger partial charge in [-0.2, -0.15) is 5.10 Å². The molecule has 7 heteroatoms. The minimum absolute atomic E-state index is 0.0185. The number of aromatic hydroxyl groups is 1. The number of hydrogen-bond acceptors (Lipinski definition) is 4. The Morgan fingerprint density at radius 3 is 2.85 bits per heavy atom. The zero-order chi connectivity index (χ0) is 14.5. The topological polar surface area (TPSA) is 74.6 Å². The molecule has 0 saturated heterocycles. The second-order valence-corrected chi connectivity index (χ2v) is 4.52. The third-order valence-corrected chi connectivity index (χ3v) is 2.96. The maximum Gasteiger partial charge on any atom is 0.274 e. The van der Waals surface area contributed by atoms with E-state index in [0.29, 0.717) is 5.56 Å². The van der Waals surface area contributed by atoms with Crippen molar-refractivity contribution in [3.8, 4) is 5.75 Å². The number of pyridine rings is 1. The third kappa shape index (κ3) is 3.46. The lowest BCUT2D eigenvalue weighted by atomic mass is 10.2. The van der Waals surface area contributed by atoms with Crippen molar-refractivity contribution in [2.45, 2.75) is 0 Å². The van der Waals surface area contributed by atoms with Crippen LogP contribution in [0.1, 0.15) is 15.9 Å². The van der Waals surface area contributed by atoms with Crippen LogP contribution in [0.5, 0.6) is 5.75 Å². The zero-order valence-electron chi connectivity index (χ0n) is 10.0. The fourth-order valence-electron chi connectivity index (χ4n) is 1.38. The molecule has 1 heterocycles. The van der Waals surface area contributed by atoms with E-state index in [0.717, 1.165) is 0 Å². The molecule has 0 bridgehead atoms. The number of rotatable bonds is 3. The summed E-state index contributed by atoms with van der Waals surface area (Å²) in [6.07, 6.45) is 2.88. The van der Waals surface area contributed by atoms with E-state index in [2.05, 4.69) is 15.5 Å². The van der Waals surface area contributed by atoms with E-state index in [1.165, 1.54) is 30.6 Å². The predicted octanol–water partition coefficient (Wildman–Crippen LogP) is 2.86. The average Bonchev–Trinajstić information content (AvgIpc) is 2.43. The molecule has 1 aromatic heterocycles. The maximum atomic E-state index is 11.8. The van der Waals surface area contributed by atoms with Crippen LogP contribution < -0.4 is 5.43 Å². The number of carbonyl (C=O) groups excluding carboxylic acids is 1. The minimum atomic E-state index is -0.468. The molecule has 0 atom stereocenters. The number of phenolic OH excluding ortho intramolecular Hbond substituents is 1. The summed E-state index contributed by atoms with van der Waals surface area (Å²) in [6.45, 7) is 0. The second-order valence-electron chi connectivity index (χ2n) is 3.75. The van der Waals surface area contributed by atoms with Crippen molar-refractivity contribution >= 4 is 35.3 Å². The van der Waals surface area contributed by atoms with E-state index < -0.39 is 5.91 Å². The smallest absolute Gasteiger partial charge is 0.274 e. The molecule has 0 aliphatic rings. The molecular weight excluding hydrogens is 301 g/mol. The Labute approximate surface area is 124 Å². The van der Waals surface area contributed by atoms with Gasteiger partial charge in [0.1, 0.15) is 10.9 Å². The second kappa shape index (κ2) is 6.36. The van der Waals surface area contributed by atoms with Gasteiger partial charge in [0.2, 0.25) is 0 Å². The summed E-state index contributed by atoms with van der Waals surface area (Å²) in [7, 11) is 0. The quantitative estimate of drug-likeness (QED) is 0.520. The van der Waals surface area contributed by atoms with Crippen molar-refractivity contribution in [2.75, 3.05) is 0 Å². The fourth-order valence-corrected chi connectivity index (χ4v) is 1.78. The molecule has 0 radical (unpaired) electrons. The molecule has 0 spiro atoms. The van der Waals surface area contributed by atoms with E-state index in [1.54, 1.807) is 12.1 Å². The molecule has 0 aliphatic carbocycles. The molecule has 0 unspecified atom stereocenters. The Kier molecular flexibility index (Phi) is 4.55. The highest BCUT2D eigenvalue weighted by Gasteiger charge is 2.09. The normalized spacial score (nSPS) is 10.7. The number of amides is 1. The Morgan fingerprint density at radius 1 is 1.35 bits per heavy atom. The van der Waals surface area contributed by atoms with Gasteiger partial charge >= 0.3 is 0 Å². The summed E-state index contributed by atoms with van der Waals surface area (Å²) in [5.41, 5.74) is 3.18. The molecule has 2 rings (SSSR count). The number of phenols is 1. The number of nitrogens with zero attached hydrogens (tertiary/aromatic N) is 2. The summed E-state index contributed by atoms with van der Waals surface area (Å²) < 4.78 is 0. The van der Waals surface area contributed by atoms with Gasteiger partial charge in [-0.05, 0) is 35.9 Å². The highest BCUT2D eigenvalue weighted by atomic mass is 35.5. The summed E-state index contributed by atoms with van der Waals surface area (Å²) in [4.78, 5) is 15.6. The lowest BCUT2D eigenvalue weighted by Gasteiger charge is -2.01. The van der Waals surface area contributed by atoms with Crippen molar-refractivity contribution in [2.24, 2.45) is 5.10 Å². The number of halogens is 2. The molecule has 1 aromatic carbocycles. The van der Waals surface area contributed by atoms with Crippen LogP contribution >= 0.6 is 23.2 Å². The van der Waals surface area contributed by atoms with Crippen LogP contribution in [-0.2, 0) is 0 Å². The van der Waals surface area contributed by atoms with Crippen molar-refractivity contribution in [3.63, 3.8) is 0 Å². The van der Waals surface area contributed by atoms with Gasteiger partial charge < -0.3 is 5.11 Å². The number of carbonyl (C=O) groups is 1. The highest BCUT2D eigenvalue weighted by molar-refractivity contribution is 6.32. The largest absolute Gasteiger partial charge is 0.506 e. The third-order valence-electron chi connectivity index (χ3n) is 2.36. The Balaban J connectivity index is 2.05. The molecule has 0 saturated carbocycles. The number of aromatic nitrogens is 1. The Hall–Kier alpha value is -2.11. The van der Waals surface area contributed by atoms with E-state index >= 15 is 0 Å². The monoisotopic (exact) mass is 309 g/mol. The van der Waals surface area contributed by atoms with Crippen molar-refractivity contribution < 1.29 is 9.90 Å².